The first-order chi connectivity index (χ1) is 13.1. The van der Waals surface area contributed by atoms with Crippen molar-refractivity contribution in [2.45, 2.75) is 6.54 Å². The lowest BCUT2D eigenvalue weighted by atomic mass is 10.1. The molecule has 7 nitrogen and oxygen atoms in total. The van der Waals surface area contributed by atoms with Gasteiger partial charge in [-0.2, -0.15) is 0 Å². The molecule has 1 aliphatic heterocycles. The van der Waals surface area contributed by atoms with E-state index in [1.54, 1.807) is 7.11 Å². The van der Waals surface area contributed by atoms with Gasteiger partial charge in [0.1, 0.15) is 18.8 Å². The van der Waals surface area contributed by atoms with Crippen molar-refractivity contribution in [3.05, 3.63) is 40.2 Å². The Bertz CT molecular complexity index is 848. The van der Waals surface area contributed by atoms with E-state index in [0.717, 1.165) is 56.0 Å². The first kappa shape index (κ1) is 19.6. The van der Waals surface area contributed by atoms with Gasteiger partial charge in [-0.3, -0.25) is 4.79 Å². The van der Waals surface area contributed by atoms with Gasteiger partial charge in [-0.25, -0.2) is 0 Å². The molecule has 0 aliphatic carbocycles. The van der Waals surface area contributed by atoms with Crippen LogP contribution in [0.25, 0.3) is 10.9 Å². The summed E-state index contributed by atoms with van der Waals surface area (Å²) in [7, 11) is 3.43. The quantitative estimate of drug-likeness (QED) is 0.591. The van der Waals surface area contributed by atoms with Crippen molar-refractivity contribution in [1.82, 2.24) is 15.2 Å². The Morgan fingerprint density at radius 2 is 2.15 bits per heavy atom. The third-order valence-corrected chi connectivity index (χ3v) is 5.39. The Kier molecular flexibility index (Phi) is 6.65. The molecule has 1 fully saturated rings. The Morgan fingerprint density at radius 1 is 1.37 bits per heavy atom. The maximum Gasteiger partial charge on any atom is 0.253 e. The molecule has 0 atom stereocenters. The number of nitrogens with one attached hydrogen (secondary N) is 3. The van der Waals surface area contributed by atoms with Crippen LogP contribution in [0, 0.1) is 0 Å². The molecule has 3 rings (SSSR count). The normalized spacial score (nSPS) is 14.9. The van der Waals surface area contributed by atoms with E-state index in [1.165, 1.54) is 4.90 Å². The van der Waals surface area contributed by atoms with Gasteiger partial charge < -0.3 is 29.6 Å². The minimum atomic E-state index is -0.0987. The fourth-order valence-corrected chi connectivity index (χ4v) is 3.44. The molecular formula is C19H27N4O3S+. The van der Waals surface area contributed by atoms with Crippen LogP contribution in [0.1, 0.15) is 5.56 Å². The van der Waals surface area contributed by atoms with Gasteiger partial charge in [0.05, 0.1) is 45.5 Å². The molecular weight excluding hydrogens is 364 g/mol. The number of nitrogens with zero attached hydrogens (tertiary/aromatic N) is 1. The average Bonchev–Trinajstić information content (AvgIpc) is 2.71. The number of aromatic amines is 1. The lowest BCUT2D eigenvalue weighted by Gasteiger charge is -2.29. The zero-order chi connectivity index (χ0) is 19.2. The smallest absolute Gasteiger partial charge is 0.253 e. The monoisotopic (exact) mass is 391 g/mol. The number of thiocarbonyl (C=S) groups is 1. The van der Waals surface area contributed by atoms with Crippen molar-refractivity contribution in [1.29, 1.82) is 0 Å². The van der Waals surface area contributed by atoms with Gasteiger partial charge in [-0.15, -0.1) is 0 Å². The van der Waals surface area contributed by atoms with Crippen LogP contribution < -0.4 is 20.5 Å². The molecule has 1 saturated heterocycles. The average molecular weight is 392 g/mol. The highest BCUT2D eigenvalue weighted by molar-refractivity contribution is 7.80. The topological polar surface area (TPSA) is 71.0 Å². The molecule has 0 spiro atoms. The third kappa shape index (κ3) is 4.97. The van der Waals surface area contributed by atoms with Crippen LogP contribution in [0.3, 0.4) is 0 Å². The second-order valence-corrected chi connectivity index (χ2v) is 7.05. The number of fused-ring (bicyclic) bond motifs is 1. The van der Waals surface area contributed by atoms with Gasteiger partial charge in [-0.05, 0) is 35.8 Å². The van der Waals surface area contributed by atoms with Crippen LogP contribution in [-0.2, 0) is 11.3 Å². The van der Waals surface area contributed by atoms with Crippen molar-refractivity contribution >= 4 is 28.2 Å². The summed E-state index contributed by atoms with van der Waals surface area (Å²) in [4.78, 5) is 19.1. The lowest BCUT2D eigenvalue weighted by Crippen LogP contribution is -3.14. The largest absolute Gasteiger partial charge is 0.497 e. The summed E-state index contributed by atoms with van der Waals surface area (Å²) < 4.78 is 10.6. The van der Waals surface area contributed by atoms with Crippen molar-refractivity contribution in [2.24, 2.45) is 0 Å². The van der Waals surface area contributed by atoms with Crippen molar-refractivity contribution in [3.63, 3.8) is 0 Å². The molecule has 1 aromatic heterocycles. The number of benzene rings is 1. The Morgan fingerprint density at radius 3 is 2.85 bits per heavy atom. The SMILES string of the molecule is CNC(=S)N(CC[NH+]1CCOCC1)Cc1cc2ccc(OC)cc2[nH]c1=O. The van der Waals surface area contributed by atoms with Crippen molar-refractivity contribution in [3.8, 4) is 5.75 Å². The minimum absolute atomic E-state index is 0.0987. The number of aromatic nitrogens is 1. The van der Waals surface area contributed by atoms with E-state index in [9.17, 15) is 4.79 Å². The van der Waals surface area contributed by atoms with Crippen LogP contribution in [0.15, 0.2) is 29.1 Å². The number of hydrogen-bond donors (Lipinski definition) is 3. The van der Waals surface area contributed by atoms with E-state index in [-0.39, 0.29) is 5.56 Å². The number of H-pyrrole nitrogens is 1. The summed E-state index contributed by atoms with van der Waals surface area (Å²) in [6.07, 6.45) is 0. The standard InChI is InChI=1S/C19H26N4O3S/c1-20-19(27)23(6-5-22-7-9-26-10-8-22)13-15-11-14-3-4-16(25-2)12-17(14)21-18(15)24/h3-4,11-12H,5-10,13H2,1-2H3,(H,20,27)(H,21,24)/p+1. The molecule has 2 aromatic rings. The molecule has 8 heteroatoms. The van der Waals surface area contributed by atoms with Crippen molar-refractivity contribution < 1.29 is 14.4 Å². The number of hydrogen-bond acceptors (Lipinski definition) is 4. The van der Waals surface area contributed by atoms with Crippen LogP contribution in [0.5, 0.6) is 5.75 Å². The van der Waals surface area contributed by atoms with Crippen LogP contribution >= 0.6 is 12.2 Å². The fraction of sp³-hybridized carbons (Fsp3) is 0.474. The molecule has 146 valence electrons. The summed E-state index contributed by atoms with van der Waals surface area (Å²) in [6, 6.07) is 7.60. The predicted octanol–water partition coefficient (Wildman–Crippen LogP) is -0.242. The van der Waals surface area contributed by atoms with Crippen LogP contribution in [-0.4, -0.2) is 68.5 Å². The van der Waals surface area contributed by atoms with E-state index in [4.69, 9.17) is 21.7 Å². The number of morpholine rings is 1. The molecule has 3 N–H and O–H groups in total. The molecule has 0 bridgehead atoms. The van der Waals surface area contributed by atoms with Gasteiger partial charge in [0.25, 0.3) is 5.56 Å². The van der Waals surface area contributed by atoms with E-state index < -0.39 is 0 Å². The first-order valence-corrected chi connectivity index (χ1v) is 9.59. The molecule has 0 unspecified atom stereocenters. The van der Waals surface area contributed by atoms with E-state index in [1.807, 2.05) is 31.3 Å². The number of rotatable bonds is 6. The zero-order valence-electron chi connectivity index (χ0n) is 15.8. The molecule has 2 heterocycles. The van der Waals surface area contributed by atoms with Gasteiger partial charge in [0.2, 0.25) is 0 Å². The second-order valence-electron chi connectivity index (χ2n) is 6.67. The predicted molar refractivity (Wildman–Crippen MR) is 110 cm³/mol. The number of quaternary nitrogens is 1. The highest BCUT2D eigenvalue weighted by Crippen LogP contribution is 2.18. The molecule has 0 radical (unpaired) electrons. The first-order valence-electron chi connectivity index (χ1n) is 9.18. The highest BCUT2D eigenvalue weighted by Gasteiger charge is 2.18. The maximum absolute atomic E-state index is 12.6. The lowest BCUT2D eigenvalue weighted by molar-refractivity contribution is -0.907. The second kappa shape index (κ2) is 9.16. The molecule has 0 saturated carbocycles. The summed E-state index contributed by atoms with van der Waals surface area (Å²) in [5.74, 6) is 0.720. The fourth-order valence-electron chi connectivity index (χ4n) is 3.29. The van der Waals surface area contributed by atoms with Gasteiger partial charge in [0, 0.05) is 18.7 Å². The van der Waals surface area contributed by atoms with Gasteiger partial charge >= 0.3 is 0 Å². The Hall–Kier alpha value is -2.16. The van der Waals surface area contributed by atoms with Gasteiger partial charge in [-0.1, -0.05) is 0 Å². The molecule has 1 aliphatic rings. The van der Waals surface area contributed by atoms with E-state index in [0.29, 0.717) is 17.2 Å². The molecule has 1 aromatic carbocycles. The summed E-state index contributed by atoms with van der Waals surface area (Å²) >= 11 is 5.47. The third-order valence-electron chi connectivity index (χ3n) is 4.93. The minimum Gasteiger partial charge on any atom is -0.497 e. The van der Waals surface area contributed by atoms with Crippen LogP contribution in [0.4, 0.5) is 0 Å². The highest BCUT2D eigenvalue weighted by atomic mass is 32.1. The summed E-state index contributed by atoms with van der Waals surface area (Å²) in [5, 5.41) is 4.66. The van der Waals surface area contributed by atoms with E-state index >= 15 is 0 Å². The maximum atomic E-state index is 12.6. The summed E-state index contributed by atoms with van der Waals surface area (Å²) in [5.41, 5.74) is 1.37. The molecule has 27 heavy (non-hydrogen) atoms. The Labute approximate surface area is 164 Å². The number of ether oxygens (including phenoxy) is 2. The van der Waals surface area contributed by atoms with Gasteiger partial charge in [0.15, 0.2) is 5.11 Å². The van der Waals surface area contributed by atoms with Crippen molar-refractivity contribution in [2.75, 3.05) is 53.6 Å². The molecule has 0 amide bonds. The van der Waals surface area contributed by atoms with E-state index in [2.05, 4.69) is 15.2 Å². The number of methoxy groups -OCH3 is 1. The van der Waals surface area contributed by atoms with Crippen LogP contribution in [0.2, 0.25) is 0 Å². The Balaban J connectivity index is 1.76. The zero-order valence-corrected chi connectivity index (χ0v) is 16.7. The summed E-state index contributed by atoms with van der Waals surface area (Å²) in [6.45, 7) is 5.86. The number of pyridine rings is 1.